The van der Waals surface area contributed by atoms with Crippen molar-refractivity contribution in [2.24, 2.45) is 0 Å². The van der Waals surface area contributed by atoms with Gasteiger partial charge in [0.05, 0.1) is 0 Å². The SMILES string of the molecule is CCCc1noc(CCCl)n1. The second-order valence-corrected chi connectivity index (χ2v) is 2.67. The number of halogens is 1. The predicted octanol–water partition coefficient (Wildman–Crippen LogP) is 1.80. The highest BCUT2D eigenvalue weighted by atomic mass is 35.5. The molecule has 0 N–H and O–H groups in total. The summed E-state index contributed by atoms with van der Waals surface area (Å²) in [6, 6.07) is 0. The van der Waals surface area contributed by atoms with Crippen molar-refractivity contribution in [1.29, 1.82) is 0 Å². The first kappa shape index (κ1) is 8.53. The first-order valence-corrected chi connectivity index (χ1v) is 4.27. The van der Waals surface area contributed by atoms with Crippen LogP contribution in [0.2, 0.25) is 0 Å². The molecule has 0 saturated heterocycles. The van der Waals surface area contributed by atoms with Crippen LogP contribution in [0.15, 0.2) is 4.52 Å². The molecule has 62 valence electrons. The van der Waals surface area contributed by atoms with Crippen LogP contribution in [0.25, 0.3) is 0 Å². The molecular formula is C7H11ClN2O. The normalized spacial score (nSPS) is 10.4. The van der Waals surface area contributed by atoms with Crippen LogP contribution in [0.1, 0.15) is 25.1 Å². The Kier molecular flexibility index (Phi) is 3.36. The lowest BCUT2D eigenvalue weighted by atomic mass is 10.3. The van der Waals surface area contributed by atoms with Gasteiger partial charge in [-0.15, -0.1) is 11.6 Å². The third kappa shape index (κ3) is 2.50. The van der Waals surface area contributed by atoms with E-state index in [1.807, 2.05) is 0 Å². The highest BCUT2D eigenvalue weighted by molar-refractivity contribution is 6.17. The Morgan fingerprint density at radius 3 is 2.91 bits per heavy atom. The Morgan fingerprint density at radius 2 is 2.27 bits per heavy atom. The number of hydrogen-bond donors (Lipinski definition) is 0. The zero-order valence-corrected chi connectivity index (χ0v) is 7.26. The molecule has 1 aromatic heterocycles. The van der Waals surface area contributed by atoms with Crippen LogP contribution in [-0.2, 0) is 12.8 Å². The standard InChI is InChI=1S/C7H11ClN2O/c1-2-3-6-9-7(4-5-8)11-10-6/h2-5H2,1H3. The Morgan fingerprint density at radius 1 is 1.45 bits per heavy atom. The second-order valence-electron chi connectivity index (χ2n) is 2.29. The number of aromatic nitrogens is 2. The molecule has 0 saturated carbocycles. The molecule has 1 rings (SSSR count). The molecule has 0 atom stereocenters. The van der Waals surface area contributed by atoms with Crippen molar-refractivity contribution in [2.75, 3.05) is 5.88 Å². The van der Waals surface area contributed by atoms with E-state index in [0.29, 0.717) is 18.2 Å². The smallest absolute Gasteiger partial charge is 0.227 e. The van der Waals surface area contributed by atoms with Gasteiger partial charge < -0.3 is 4.52 Å². The molecule has 1 aromatic rings. The third-order valence-electron chi connectivity index (χ3n) is 1.29. The maximum atomic E-state index is 5.49. The van der Waals surface area contributed by atoms with Crippen LogP contribution in [0.4, 0.5) is 0 Å². The molecule has 0 fully saturated rings. The molecule has 0 aliphatic carbocycles. The summed E-state index contributed by atoms with van der Waals surface area (Å²) in [5.74, 6) is 1.96. The zero-order chi connectivity index (χ0) is 8.10. The van der Waals surface area contributed by atoms with Gasteiger partial charge in [0.1, 0.15) is 0 Å². The van der Waals surface area contributed by atoms with Gasteiger partial charge in [-0.3, -0.25) is 0 Å². The summed E-state index contributed by atoms with van der Waals surface area (Å²) in [6.45, 7) is 2.08. The van der Waals surface area contributed by atoms with Gasteiger partial charge in [0.2, 0.25) is 5.89 Å². The van der Waals surface area contributed by atoms with Crippen LogP contribution in [0.3, 0.4) is 0 Å². The van der Waals surface area contributed by atoms with Crippen LogP contribution in [0, 0.1) is 0 Å². The summed E-state index contributed by atoms with van der Waals surface area (Å²) in [6.07, 6.45) is 2.59. The molecule has 0 aliphatic rings. The highest BCUT2D eigenvalue weighted by Crippen LogP contribution is 2.01. The minimum absolute atomic E-state index is 0.535. The lowest BCUT2D eigenvalue weighted by Crippen LogP contribution is -1.88. The van der Waals surface area contributed by atoms with Gasteiger partial charge in [-0.05, 0) is 6.42 Å². The summed E-state index contributed by atoms with van der Waals surface area (Å²) in [5, 5.41) is 3.78. The molecule has 0 bridgehead atoms. The molecule has 0 radical (unpaired) electrons. The molecule has 3 nitrogen and oxygen atoms in total. The lowest BCUT2D eigenvalue weighted by Gasteiger charge is -1.83. The predicted molar refractivity (Wildman–Crippen MR) is 42.7 cm³/mol. The number of nitrogens with zero attached hydrogens (tertiary/aromatic N) is 2. The van der Waals surface area contributed by atoms with Gasteiger partial charge in [0.15, 0.2) is 5.82 Å². The minimum atomic E-state index is 0.535. The van der Waals surface area contributed by atoms with Gasteiger partial charge >= 0.3 is 0 Å². The zero-order valence-electron chi connectivity index (χ0n) is 6.51. The summed E-state index contributed by atoms with van der Waals surface area (Å²) < 4.78 is 4.91. The average Bonchev–Trinajstić information content (AvgIpc) is 2.38. The largest absolute Gasteiger partial charge is 0.339 e. The summed E-state index contributed by atoms with van der Waals surface area (Å²) in [7, 11) is 0. The van der Waals surface area contributed by atoms with Crippen molar-refractivity contribution >= 4 is 11.6 Å². The number of aryl methyl sites for hydroxylation is 2. The molecule has 0 unspecified atom stereocenters. The van der Waals surface area contributed by atoms with E-state index in [2.05, 4.69) is 17.1 Å². The number of alkyl halides is 1. The van der Waals surface area contributed by atoms with Gasteiger partial charge in [0.25, 0.3) is 0 Å². The van der Waals surface area contributed by atoms with Crippen molar-refractivity contribution in [3.05, 3.63) is 11.7 Å². The van der Waals surface area contributed by atoms with Crippen molar-refractivity contribution in [3.8, 4) is 0 Å². The first-order chi connectivity index (χ1) is 5.36. The Labute approximate surface area is 70.7 Å². The molecule has 0 spiro atoms. The fraction of sp³-hybridized carbons (Fsp3) is 0.714. The Hall–Kier alpha value is -0.570. The molecule has 4 heteroatoms. The van der Waals surface area contributed by atoms with E-state index in [1.165, 1.54) is 0 Å². The molecular weight excluding hydrogens is 164 g/mol. The van der Waals surface area contributed by atoms with Crippen molar-refractivity contribution in [3.63, 3.8) is 0 Å². The van der Waals surface area contributed by atoms with Gasteiger partial charge in [0, 0.05) is 18.7 Å². The minimum Gasteiger partial charge on any atom is -0.339 e. The maximum absolute atomic E-state index is 5.49. The fourth-order valence-corrected chi connectivity index (χ4v) is 0.959. The molecule has 11 heavy (non-hydrogen) atoms. The Bertz CT molecular complexity index is 191. The van der Waals surface area contributed by atoms with E-state index in [-0.39, 0.29) is 0 Å². The topological polar surface area (TPSA) is 38.9 Å². The van der Waals surface area contributed by atoms with Crippen LogP contribution in [0.5, 0.6) is 0 Å². The van der Waals surface area contributed by atoms with Gasteiger partial charge in [-0.25, -0.2) is 0 Å². The van der Waals surface area contributed by atoms with Crippen molar-refractivity contribution in [1.82, 2.24) is 10.1 Å². The van der Waals surface area contributed by atoms with Gasteiger partial charge in [-0.1, -0.05) is 12.1 Å². The van der Waals surface area contributed by atoms with E-state index in [0.717, 1.165) is 18.7 Å². The van der Waals surface area contributed by atoms with E-state index in [4.69, 9.17) is 16.1 Å². The number of hydrogen-bond acceptors (Lipinski definition) is 3. The quantitative estimate of drug-likeness (QED) is 0.654. The summed E-state index contributed by atoms with van der Waals surface area (Å²) >= 11 is 5.49. The summed E-state index contributed by atoms with van der Waals surface area (Å²) in [5.41, 5.74) is 0. The third-order valence-corrected chi connectivity index (χ3v) is 1.48. The van der Waals surface area contributed by atoms with Crippen molar-refractivity contribution < 1.29 is 4.52 Å². The second kappa shape index (κ2) is 4.34. The van der Waals surface area contributed by atoms with E-state index < -0.39 is 0 Å². The maximum Gasteiger partial charge on any atom is 0.227 e. The monoisotopic (exact) mass is 174 g/mol. The fourth-order valence-electron chi connectivity index (χ4n) is 0.798. The van der Waals surface area contributed by atoms with E-state index in [9.17, 15) is 0 Å². The molecule has 0 aromatic carbocycles. The van der Waals surface area contributed by atoms with E-state index in [1.54, 1.807) is 0 Å². The summed E-state index contributed by atoms with van der Waals surface area (Å²) in [4.78, 5) is 4.13. The number of rotatable bonds is 4. The van der Waals surface area contributed by atoms with Gasteiger partial charge in [-0.2, -0.15) is 4.98 Å². The van der Waals surface area contributed by atoms with Crippen molar-refractivity contribution in [2.45, 2.75) is 26.2 Å². The molecule has 0 aliphatic heterocycles. The Balaban J connectivity index is 2.51. The van der Waals surface area contributed by atoms with Crippen LogP contribution < -0.4 is 0 Å². The molecule has 1 heterocycles. The molecule has 0 amide bonds. The van der Waals surface area contributed by atoms with E-state index >= 15 is 0 Å². The average molecular weight is 175 g/mol. The lowest BCUT2D eigenvalue weighted by molar-refractivity contribution is 0.377. The highest BCUT2D eigenvalue weighted by Gasteiger charge is 2.03. The van der Waals surface area contributed by atoms with Crippen LogP contribution in [-0.4, -0.2) is 16.0 Å². The first-order valence-electron chi connectivity index (χ1n) is 3.74. The van der Waals surface area contributed by atoms with Crippen LogP contribution >= 0.6 is 11.6 Å².